The van der Waals surface area contributed by atoms with Crippen LogP contribution in [0.3, 0.4) is 0 Å². The number of urea groups is 1. The van der Waals surface area contributed by atoms with Crippen molar-refractivity contribution < 1.29 is 19.8 Å². The first-order valence-electron chi connectivity index (χ1n) is 7.95. The van der Waals surface area contributed by atoms with Crippen molar-refractivity contribution in [3.05, 3.63) is 0 Å². The summed E-state index contributed by atoms with van der Waals surface area (Å²) in [5.74, 6) is -0.982. The molecule has 21 heavy (non-hydrogen) atoms. The van der Waals surface area contributed by atoms with Crippen molar-refractivity contribution in [3.8, 4) is 0 Å². The summed E-state index contributed by atoms with van der Waals surface area (Å²) in [6, 6.07) is 0.151. The number of rotatable bonds is 4. The van der Waals surface area contributed by atoms with Crippen molar-refractivity contribution >= 4 is 12.0 Å². The number of carboxylic acid groups (broad SMARTS) is 1. The molecule has 0 aromatic carbocycles. The van der Waals surface area contributed by atoms with Gasteiger partial charge in [-0.25, -0.2) is 4.79 Å². The second-order valence-corrected chi connectivity index (χ2v) is 6.41. The van der Waals surface area contributed by atoms with E-state index in [2.05, 4.69) is 5.32 Å². The van der Waals surface area contributed by atoms with E-state index >= 15 is 0 Å². The lowest BCUT2D eigenvalue weighted by molar-refractivity contribution is -0.142. The molecule has 1 saturated heterocycles. The third-order valence-corrected chi connectivity index (χ3v) is 4.66. The third-order valence-electron chi connectivity index (χ3n) is 4.66. The zero-order valence-electron chi connectivity index (χ0n) is 12.6. The molecule has 2 amide bonds. The van der Waals surface area contributed by atoms with Gasteiger partial charge in [0.2, 0.25) is 0 Å². The maximum Gasteiger partial charge on any atom is 0.317 e. The standard InChI is InChI=1S/C15H26N2O4/c1-10(18)9-13-3-2-8-17(13)15(21)16-12-6-4-11(5-7-12)14(19)20/h10-13,18H,2-9H2,1H3,(H,16,21)(H,19,20). The number of hydrogen-bond acceptors (Lipinski definition) is 3. The summed E-state index contributed by atoms with van der Waals surface area (Å²) >= 11 is 0. The van der Waals surface area contributed by atoms with Crippen molar-refractivity contribution in [2.24, 2.45) is 5.92 Å². The van der Waals surface area contributed by atoms with Crippen molar-refractivity contribution in [1.82, 2.24) is 10.2 Å². The average molecular weight is 298 g/mol. The average Bonchev–Trinajstić information content (AvgIpc) is 2.86. The number of aliphatic carboxylic acids is 1. The normalized spacial score (nSPS) is 31.0. The van der Waals surface area contributed by atoms with Crippen molar-refractivity contribution in [1.29, 1.82) is 0 Å². The van der Waals surface area contributed by atoms with Crippen LogP contribution in [0.25, 0.3) is 0 Å². The van der Waals surface area contributed by atoms with Crippen LogP contribution in [0.15, 0.2) is 0 Å². The van der Waals surface area contributed by atoms with Crippen molar-refractivity contribution in [2.75, 3.05) is 6.54 Å². The molecule has 0 spiro atoms. The molecule has 3 N–H and O–H groups in total. The molecule has 120 valence electrons. The van der Waals surface area contributed by atoms with Crippen molar-refractivity contribution in [3.63, 3.8) is 0 Å². The fourth-order valence-corrected chi connectivity index (χ4v) is 3.48. The number of hydrogen-bond donors (Lipinski definition) is 3. The van der Waals surface area contributed by atoms with Crippen molar-refractivity contribution in [2.45, 2.75) is 70.1 Å². The van der Waals surface area contributed by atoms with E-state index in [0.717, 1.165) is 32.2 Å². The number of aliphatic hydroxyl groups excluding tert-OH is 1. The molecule has 1 heterocycles. The molecular weight excluding hydrogens is 272 g/mol. The number of carboxylic acids is 1. The van der Waals surface area contributed by atoms with Gasteiger partial charge in [0.25, 0.3) is 0 Å². The molecule has 1 saturated carbocycles. The maximum atomic E-state index is 12.3. The van der Waals surface area contributed by atoms with Gasteiger partial charge in [-0.05, 0) is 51.9 Å². The zero-order chi connectivity index (χ0) is 15.4. The molecule has 0 aromatic rings. The molecular formula is C15H26N2O4. The van der Waals surface area contributed by atoms with Crippen LogP contribution in [0.2, 0.25) is 0 Å². The molecule has 0 radical (unpaired) electrons. The largest absolute Gasteiger partial charge is 0.481 e. The molecule has 2 unspecified atom stereocenters. The van der Waals surface area contributed by atoms with Crippen LogP contribution in [0.5, 0.6) is 0 Å². The number of nitrogens with one attached hydrogen (secondary N) is 1. The summed E-state index contributed by atoms with van der Waals surface area (Å²) in [7, 11) is 0. The fraction of sp³-hybridized carbons (Fsp3) is 0.867. The van der Waals surface area contributed by atoms with Gasteiger partial charge in [-0.2, -0.15) is 0 Å². The highest BCUT2D eigenvalue weighted by atomic mass is 16.4. The van der Waals surface area contributed by atoms with Gasteiger partial charge in [0.05, 0.1) is 12.0 Å². The Bertz CT molecular complexity index is 378. The van der Waals surface area contributed by atoms with Gasteiger partial charge in [-0.3, -0.25) is 4.79 Å². The topological polar surface area (TPSA) is 89.9 Å². The van der Waals surface area contributed by atoms with Gasteiger partial charge in [-0.15, -0.1) is 0 Å². The monoisotopic (exact) mass is 298 g/mol. The van der Waals surface area contributed by atoms with Crippen LogP contribution in [0.1, 0.15) is 51.9 Å². The highest BCUT2D eigenvalue weighted by Crippen LogP contribution is 2.26. The molecule has 2 aliphatic rings. The third kappa shape index (κ3) is 4.33. The van der Waals surface area contributed by atoms with E-state index in [4.69, 9.17) is 5.11 Å². The Morgan fingerprint density at radius 1 is 1.24 bits per heavy atom. The van der Waals surface area contributed by atoms with Gasteiger partial charge in [0.1, 0.15) is 0 Å². The minimum absolute atomic E-state index is 0.0584. The summed E-state index contributed by atoms with van der Waals surface area (Å²) in [4.78, 5) is 25.1. The van der Waals surface area contributed by atoms with Gasteiger partial charge in [0.15, 0.2) is 0 Å². The summed E-state index contributed by atoms with van der Waals surface area (Å²) in [5.41, 5.74) is 0. The van der Waals surface area contributed by atoms with E-state index in [-0.39, 0.29) is 24.0 Å². The number of carbonyl (C=O) groups excluding carboxylic acids is 1. The molecule has 1 aliphatic carbocycles. The Hall–Kier alpha value is -1.30. The Balaban J connectivity index is 1.80. The Morgan fingerprint density at radius 3 is 2.48 bits per heavy atom. The predicted molar refractivity (Wildman–Crippen MR) is 77.9 cm³/mol. The summed E-state index contributed by atoms with van der Waals surface area (Å²) in [5, 5.41) is 21.5. The van der Waals surface area contributed by atoms with Gasteiger partial charge in [-0.1, -0.05) is 0 Å². The molecule has 2 rings (SSSR count). The number of nitrogens with zero attached hydrogens (tertiary/aromatic N) is 1. The van der Waals surface area contributed by atoms with E-state index in [9.17, 15) is 14.7 Å². The Morgan fingerprint density at radius 2 is 1.90 bits per heavy atom. The maximum absolute atomic E-state index is 12.3. The highest BCUT2D eigenvalue weighted by molar-refractivity contribution is 5.75. The quantitative estimate of drug-likeness (QED) is 0.735. The summed E-state index contributed by atoms with van der Waals surface area (Å²) in [6.45, 7) is 2.50. The number of carbonyl (C=O) groups is 2. The minimum Gasteiger partial charge on any atom is -0.481 e. The molecule has 6 heteroatoms. The number of amides is 2. The molecule has 1 aliphatic heterocycles. The Kier molecular flexibility index (Phi) is 5.45. The van der Waals surface area contributed by atoms with E-state index < -0.39 is 12.1 Å². The number of likely N-dealkylation sites (tertiary alicyclic amines) is 1. The van der Waals surface area contributed by atoms with Gasteiger partial charge < -0.3 is 20.4 Å². The van der Waals surface area contributed by atoms with E-state index in [1.54, 1.807) is 6.92 Å². The second-order valence-electron chi connectivity index (χ2n) is 6.41. The van der Waals surface area contributed by atoms with Gasteiger partial charge >= 0.3 is 12.0 Å². The van der Waals surface area contributed by atoms with Gasteiger partial charge in [0, 0.05) is 18.6 Å². The molecule has 6 nitrogen and oxygen atoms in total. The Labute approximate surface area is 125 Å². The van der Waals surface area contributed by atoms with E-state index in [1.165, 1.54) is 0 Å². The summed E-state index contributed by atoms with van der Waals surface area (Å²) < 4.78 is 0. The predicted octanol–water partition coefficient (Wildman–Crippen LogP) is 1.57. The smallest absolute Gasteiger partial charge is 0.317 e. The van der Waals surface area contributed by atoms with E-state index in [1.807, 2.05) is 4.90 Å². The first-order chi connectivity index (χ1) is 9.97. The lowest BCUT2D eigenvalue weighted by atomic mass is 9.86. The molecule has 0 bridgehead atoms. The highest BCUT2D eigenvalue weighted by Gasteiger charge is 2.32. The molecule has 2 fully saturated rings. The van der Waals surface area contributed by atoms with E-state index in [0.29, 0.717) is 19.3 Å². The van der Waals surface area contributed by atoms with Crippen LogP contribution in [-0.4, -0.2) is 51.8 Å². The zero-order valence-corrected chi connectivity index (χ0v) is 12.6. The fourth-order valence-electron chi connectivity index (χ4n) is 3.48. The minimum atomic E-state index is -0.726. The number of aliphatic hydroxyl groups is 1. The van der Waals surface area contributed by atoms with Crippen LogP contribution >= 0.6 is 0 Å². The lowest BCUT2D eigenvalue weighted by Crippen LogP contribution is -2.48. The molecule has 2 atom stereocenters. The second kappa shape index (κ2) is 7.11. The first kappa shape index (κ1) is 16.1. The first-order valence-corrected chi connectivity index (χ1v) is 7.95. The van der Waals surface area contributed by atoms with Crippen LogP contribution in [0, 0.1) is 5.92 Å². The van der Waals surface area contributed by atoms with Crippen LogP contribution in [-0.2, 0) is 4.79 Å². The lowest BCUT2D eigenvalue weighted by Gasteiger charge is -2.31. The SMILES string of the molecule is CC(O)CC1CCCN1C(=O)NC1CCC(C(=O)O)CC1. The van der Waals surface area contributed by atoms with Crippen LogP contribution in [0.4, 0.5) is 4.79 Å². The molecule has 0 aromatic heterocycles. The summed E-state index contributed by atoms with van der Waals surface area (Å²) in [6.07, 6.45) is 4.90. The van der Waals surface area contributed by atoms with Crippen LogP contribution < -0.4 is 5.32 Å².